The van der Waals surface area contributed by atoms with Gasteiger partial charge in [0.1, 0.15) is 5.75 Å². The minimum Gasteiger partial charge on any atom is -0.492 e. The minimum atomic E-state index is -0.376. The smallest absolute Gasteiger partial charge is 0.261 e. The van der Waals surface area contributed by atoms with Crippen molar-refractivity contribution in [3.05, 3.63) is 95.6 Å². The Balaban J connectivity index is 1.58. The summed E-state index contributed by atoms with van der Waals surface area (Å²) in [5.41, 5.74) is 2.67. The zero-order valence-electron chi connectivity index (χ0n) is 19.3. The fraction of sp³-hybridized carbons (Fsp3) is 0.222. The topological polar surface area (TPSA) is 79.5 Å². The molecule has 3 aromatic rings. The minimum absolute atomic E-state index is 0.0828. The first kappa shape index (κ1) is 24.9. The lowest BCUT2D eigenvalue weighted by molar-refractivity contribution is 0.0937. The fourth-order valence-corrected chi connectivity index (χ4v) is 3.39. The molecule has 0 bridgehead atoms. The Bertz CT molecular complexity index is 1130. The number of anilines is 1. The number of amides is 2. The molecule has 0 heterocycles. The molecule has 3 rings (SSSR count). The highest BCUT2D eigenvalue weighted by molar-refractivity contribution is 7.80. The molecule has 34 heavy (non-hydrogen) atoms. The summed E-state index contributed by atoms with van der Waals surface area (Å²) in [6.45, 7) is 4.41. The Morgan fingerprint density at radius 2 is 1.68 bits per heavy atom. The highest BCUT2D eigenvalue weighted by atomic mass is 32.1. The molecule has 7 heteroatoms. The summed E-state index contributed by atoms with van der Waals surface area (Å²) in [5, 5.41) is 8.71. The van der Waals surface area contributed by atoms with E-state index in [2.05, 4.69) is 16.0 Å². The van der Waals surface area contributed by atoms with E-state index in [4.69, 9.17) is 17.0 Å². The predicted octanol–water partition coefficient (Wildman–Crippen LogP) is 4.96. The molecule has 2 amide bonds. The molecule has 6 nitrogen and oxygen atoms in total. The molecule has 0 saturated carbocycles. The predicted molar refractivity (Wildman–Crippen MR) is 139 cm³/mol. The van der Waals surface area contributed by atoms with Crippen LogP contribution in [-0.2, 0) is 6.42 Å². The molecule has 1 unspecified atom stereocenters. The van der Waals surface area contributed by atoms with Gasteiger partial charge in [-0.15, -0.1) is 0 Å². The van der Waals surface area contributed by atoms with Crippen LogP contribution in [-0.4, -0.2) is 29.6 Å². The van der Waals surface area contributed by atoms with Crippen molar-refractivity contribution in [1.82, 2.24) is 10.6 Å². The number of carbonyl (C=O) groups is 2. The number of rotatable bonds is 9. The number of ether oxygens (including phenoxy) is 1. The molecule has 0 aliphatic heterocycles. The first-order chi connectivity index (χ1) is 16.5. The van der Waals surface area contributed by atoms with Crippen LogP contribution < -0.4 is 20.7 Å². The average Bonchev–Trinajstić information content (AvgIpc) is 2.85. The van der Waals surface area contributed by atoms with E-state index in [0.29, 0.717) is 29.2 Å². The molecule has 0 fully saturated rings. The number of carbonyl (C=O) groups excluding carboxylic acids is 2. The van der Waals surface area contributed by atoms with Crippen molar-refractivity contribution in [2.45, 2.75) is 32.7 Å². The highest BCUT2D eigenvalue weighted by Gasteiger charge is 2.14. The third-order valence-corrected chi connectivity index (χ3v) is 5.43. The Hall–Kier alpha value is -3.71. The van der Waals surface area contributed by atoms with Gasteiger partial charge in [-0.05, 0) is 61.5 Å². The second-order valence-electron chi connectivity index (χ2n) is 7.85. The van der Waals surface area contributed by atoms with E-state index in [1.807, 2.05) is 50.2 Å². The van der Waals surface area contributed by atoms with E-state index >= 15 is 0 Å². The molecule has 0 aliphatic rings. The van der Waals surface area contributed by atoms with Crippen molar-refractivity contribution in [1.29, 1.82) is 0 Å². The van der Waals surface area contributed by atoms with Crippen LogP contribution in [0.3, 0.4) is 0 Å². The van der Waals surface area contributed by atoms with Crippen LogP contribution in [0.1, 0.15) is 46.5 Å². The van der Waals surface area contributed by atoms with E-state index in [-0.39, 0.29) is 23.0 Å². The van der Waals surface area contributed by atoms with Gasteiger partial charge < -0.3 is 15.4 Å². The number of thiocarbonyl (C=S) groups is 1. The molecule has 0 aliphatic carbocycles. The van der Waals surface area contributed by atoms with Gasteiger partial charge >= 0.3 is 0 Å². The molecule has 0 spiro atoms. The highest BCUT2D eigenvalue weighted by Crippen LogP contribution is 2.18. The maximum atomic E-state index is 12.8. The number of para-hydroxylation sites is 1. The van der Waals surface area contributed by atoms with Crippen molar-refractivity contribution in [2.24, 2.45) is 0 Å². The van der Waals surface area contributed by atoms with E-state index < -0.39 is 0 Å². The van der Waals surface area contributed by atoms with Gasteiger partial charge in [0.05, 0.1) is 12.2 Å². The van der Waals surface area contributed by atoms with Gasteiger partial charge in [-0.1, -0.05) is 55.5 Å². The molecule has 0 saturated heterocycles. The van der Waals surface area contributed by atoms with E-state index in [9.17, 15) is 9.59 Å². The van der Waals surface area contributed by atoms with Gasteiger partial charge in [0, 0.05) is 23.7 Å². The van der Waals surface area contributed by atoms with Crippen LogP contribution in [0, 0.1) is 0 Å². The van der Waals surface area contributed by atoms with Gasteiger partial charge in [0.25, 0.3) is 11.8 Å². The zero-order chi connectivity index (χ0) is 24.3. The third kappa shape index (κ3) is 7.42. The van der Waals surface area contributed by atoms with Gasteiger partial charge in [0.15, 0.2) is 5.11 Å². The average molecular weight is 476 g/mol. The SMILES string of the molecule is CCC(C)NC(=O)c1cccc(NC(=S)NC(=O)c2ccccc2OCCc2ccccc2)c1. The summed E-state index contributed by atoms with van der Waals surface area (Å²) in [4.78, 5) is 25.2. The van der Waals surface area contributed by atoms with Crippen LogP contribution in [0.25, 0.3) is 0 Å². The van der Waals surface area contributed by atoms with Crippen LogP contribution in [0.4, 0.5) is 5.69 Å². The van der Waals surface area contributed by atoms with Gasteiger partial charge in [-0.2, -0.15) is 0 Å². The molecular formula is C27H29N3O3S. The summed E-state index contributed by atoms with van der Waals surface area (Å²) < 4.78 is 5.88. The summed E-state index contributed by atoms with van der Waals surface area (Å²) in [6, 6.07) is 24.1. The van der Waals surface area contributed by atoms with Gasteiger partial charge in [0.2, 0.25) is 0 Å². The Morgan fingerprint density at radius 1 is 0.941 bits per heavy atom. The number of benzene rings is 3. The molecule has 1 atom stereocenters. The maximum absolute atomic E-state index is 12.8. The molecule has 3 N–H and O–H groups in total. The summed E-state index contributed by atoms with van der Waals surface area (Å²) in [6.07, 6.45) is 1.58. The summed E-state index contributed by atoms with van der Waals surface area (Å²) in [5.74, 6) is -0.0459. The van der Waals surface area contributed by atoms with Crippen LogP contribution in [0.2, 0.25) is 0 Å². The lowest BCUT2D eigenvalue weighted by atomic mass is 10.1. The van der Waals surface area contributed by atoms with E-state index in [0.717, 1.165) is 18.4 Å². The molecule has 176 valence electrons. The number of nitrogens with one attached hydrogen (secondary N) is 3. The number of hydrogen-bond acceptors (Lipinski definition) is 4. The lowest BCUT2D eigenvalue weighted by Gasteiger charge is -2.14. The second-order valence-corrected chi connectivity index (χ2v) is 8.26. The first-order valence-electron chi connectivity index (χ1n) is 11.2. The summed E-state index contributed by atoms with van der Waals surface area (Å²) in [7, 11) is 0. The molecule has 0 radical (unpaired) electrons. The van der Waals surface area contributed by atoms with Crippen molar-refractivity contribution < 1.29 is 14.3 Å². The normalized spacial score (nSPS) is 11.2. The standard InChI is InChI=1S/C27H29N3O3S/c1-3-19(2)28-25(31)21-12-9-13-22(18-21)29-27(34)30-26(32)23-14-7-8-15-24(23)33-17-16-20-10-5-4-6-11-20/h4-15,18-19H,3,16-17H2,1-2H3,(H,28,31)(H2,29,30,32,34). The molecule has 0 aromatic heterocycles. The lowest BCUT2D eigenvalue weighted by Crippen LogP contribution is -2.34. The summed E-state index contributed by atoms with van der Waals surface area (Å²) >= 11 is 5.32. The fourth-order valence-electron chi connectivity index (χ4n) is 3.18. The van der Waals surface area contributed by atoms with Gasteiger partial charge in [-0.25, -0.2) is 0 Å². The molecule has 3 aromatic carbocycles. The van der Waals surface area contributed by atoms with E-state index in [1.165, 1.54) is 0 Å². The van der Waals surface area contributed by atoms with Gasteiger partial charge in [-0.3, -0.25) is 14.9 Å². The van der Waals surface area contributed by atoms with E-state index in [1.54, 1.807) is 42.5 Å². The maximum Gasteiger partial charge on any atom is 0.261 e. The van der Waals surface area contributed by atoms with Crippen molar-refractivity contribution in [2.75, 3.05) is 11.9 Å². The first-order valence-corrected chi connectivity index (χ1v) is 11.7. The van der Waals surface area contributed by atoms with Crippen LogP contribution in [0.15, 0.2) is 78.9 Å². The third-order valence-electron chi connectivity index (χ3n) is 5.22. The zero-order valence-corrected chi connectivity index (χ0v) is 20.2. The Labute approximate surface area is 205 Å². The van der Waals surface area contributed by atoms with Crippen molar-refractivity contribution in [3.8, 4) is 5.75 Å². The van der Waals surface area contributed by atoms with Crippen molar-refractivity contribution >= 4 is 34.8 Å². The quantitative estimate of drug-likeness (QED) is 0.381. The number of hydrogen-bond donors (Lipinski definition) is 3. The van der Waals surface area contributed by atoms with Crippen LogP contribution >= 0.6 is 12.2 Å². The second kappa shape index (κ2) is 12.5. The van der Waals surface area contributed by atoms with Crippen molar-refractivity contribution in [3.63, 3.8) is 0 Å². The monoisotopic (exact) mass is 475 g/mol. The Morgan fingerprint density at radius 3 is 2.44 bits per heavy atom. The Kier molecular flexibility index (Phi) is 9.17. The largest absolute Gasteiger partial charge is 0.492 e. The van der Waals surface area contributed by atoms with Crippen LogP contribution in [0.5, 0.6) is 5.75 Å². The molecular weight excluding hydrogens is 446 g/mol.